The number of Topliss-reactive ketones (excluding diaryl/α,β-unsaturated/α-hetero) is 1. The normalized spacial score (nSPS) is 13.6. The Bertz CT molecular complexity index is 1140. The van der Waals surface area contributed by atoms with Crippen LogP contribution in [0.1, 0.15) is 22.3 Å². The molecule has 4 aromatic rings. The molecule has 0 atom stereocenters. The smallest absolute Gasteiger partial charge is 0.163 e. The molecule has 3 aromatic heterocycles. The number of fused-ring (bicyclic) bond motifs is 2. The SMILES string of the molecule is Cn1cc(-c2cn(-c3ccc4c(c3)CCC4=O)c3ncncc23)cn1. The highest BCUT2D eigenvalue weighted by molar-refractivity contribution is 6.01. The largest absolute Gasteiger partial charge is 0.301 e. The molecule has 1 aliphatic rings. The molecule has 0 spiro atoms. The van der Waals surface area contributed by atoms with E-state index in [1.165, 1.54) is 0 Å². The van der Waals surface area contributed by atoms with Crippen LogP contribution in [0.15, 0.2) is 49.3 Å². The van der Waals surface area contributed by atoms with E-state index in [9.17, 15) is 4.79 Å². The van der Waals surface area contributed by atoms with E-state index in [1.807, 2.05) is 37.8 Å². The van der Waals surface area contributed by atoms with Gasteiger partial charge in [0, 0.05) is 59.8 Å². The quantitative estimate of drug-likeness (QED) is 0.567. The van der Waals surface area contributed by atoms with Gasteiger partial charge in [-0.3, -0.25) is 9.48 Å². The van der Waals surface area contributed by atoms with Crippen molar-refractivity contribution in [2.24, 2.45) is 7.05 Å². The van der Waals surface area contributed by atoms with Crippen LogP contribution in [0.2, 0.25) is 0 Å². The van der Waals surface area contributed by atoms with Gasteiger partial charge in [0.1, 0.15) is 12.0 Å². The van der Waals surface area contributed by atoms with Crippen LogP contribution in [0.3, 0.4) is 0 Å². The number of benzene rings is 1. The molecule has 0 unspecified atom stereocenters. The molecule has 0 saturated carbocycles. The minimum Gasteiger partial charge on any atom is -0.301 e. The molecule has 6 heteroatoms. The van der Waals surface area contributed by atoms with Gasteiger partial charge in [0.2, 0.25) is 0 Å². The molecule has 1 aromatic carbocycles. The summed E-state index contributed by atoms with van der Waals surface area (Å²) in [6.07, 6.45) is 10.7. The lowest BCUT2D eigenvalue weighted by Gasteiger charge is -2.06. The number of rotatable bonds is 2. The summed E-state index contributed by atoms with van der Waals surface area (Å²) < 4.78 is 3.84. The molecular formula is C19H15N5O. The topological polar surface area (TPSA) is 65.6 Å². The number of carbonyl (C=O) groups is 1. The first kappa shape index (κ1) is 14.1. The molecule has 3 heterocycles. The van der Waals surface area contributed by atoms with Crippen LogP contribution in [0.4, 0.5) is 0 Å². The first-order valence-electron chi connectivity index (χ1n) is 8.17. The van der Waals surface area contributed by atoms with Crippen molar-refractivity contribution >= 4 is 16.8 Å². The molecule has 6 nitrogen and oxygen atoms in total. The van der Waals surface area contributed by atoms with Crippen LogP contribution in [0, 0.1) is 0 Å². The first-order valence-corrected chi connectivity index (χ1v) is 8.17. The second-order valence-electron chi connectivity index (χ2n) is 6.34. The summed E-state index contributed by atoms with van der Waals surface area (Å²) in [6.45, 7) is 0. The predicted octanol–water partition coefficient (Wildman–Crippen LogP) is 2.95. The highest BCUT2D eigenvalue weighted by atomic mass is 16.1. The summed E-state index contributed by atoms with van der Waals surface area (Å²) in [5.74, 6) is 0.234. The fourth-order valence-electron chi connectivity index (χ4n) is 3.54. The number of aromatic nitrogens is 5. The molecule has 0 aliphatic heterocycles. The molecule has 0 amide bonds. The number of hydrogen-bond acceptors (Lipinski definition) is 4. The Balaban J connectivity index is 1.73. The van der Waals surface area contributed by atoms with Crippen molar-refractivity contribution in [3.05, 3.63) is 60.4 Å². The van der Waals surface area contributed by atoms with Crippen LogP contribution >= 0.6 is 0 Å². The van der Waals surface area contributed by atoms with Gasteiger partial charge in [-0.2, -0.15) is 5.10 Å². The molecular weight excluding hydrogens is 314 g/mol. The van der Waals surface area contributed by atoms with Crippen molar-refractivity contribution in [1.29, 1.82) is 0 Å². The Morgan fingerprint density at radius 3 is 2.84 bits per heavy atom. The van der Waals surface area contributed by atoms with Crippen molar-refractivity contribution in [2.75, 3.05) is 0 Å². The van der Waals surface area contributed by atoms with Crippen LogP contribution in [0.25, 0.3) is 27.8 Å². The third kappa shape index (κ3) is 2.11. The fourth-order valence-corrected chi connectivity index (χ4v) is 3.54. The molecule has 1 aliphatic carbocycles. The van der Waals surface area contributed by atoms with E-state index in [-0.39, 0.29) is 5.78 Å². The maximum absolute atomic E-state index is 11.9. The van der Waals surface area contributed by atoms with Crippen LogP contribution in [0.5, 0.6) is 0 Å². The lowest BCUT2D eigenvalue weighted by atomic mass is 10.1. The van der Waals surface area contributed by atoms with E-state index in [1.54, 1.807) is 11.0 Å². The van der Waals surface area contributed by atoms with E-state index in [4.69, 9.17) is 0 Å². The lowest BCUT2D eigenvalue weighted by molar-refractivity contribution is 0.0994. The summed E-state index contributed by atoms with van der Waals surface area (Å²) in [5.41, 5.74) is 5.88. The van der Waals surface area contributed by atoms with Gasteiger partial charge >= 0.3 is 0 Å². The maximum atomic E-state index is 11.9. The Labute approximate surface area is 143 Å². The van der Waals surface area contributed by atoms with Crippen molar-refractivity contribution in [3.8, 4) is 16.8 Å². The molecule has 0 saturated heterocycles. The van der Waals surface area contributed by atoms with Gasteiger partial charge in [-0.1, -0.05) is 0 Å². The average Bonchev–Trinajstić information content (AvgIpc) is 3.32. The van der Waals surface area contributed by atoms with Gasteiger partial charge in [0.25, 0.3) is 0 Å². The summed E-state index contributed by atoms with van der Waals surface area (Å²) in [5, 5.41) is 5.25. The van der Waals surface area contributed by atoms with Crippen LogP contribution in [-0.2, 0) is 13.5 Å². The van der Waals surface area contributed by atoms with E-state index < -0.39 is 0 Å². The van der Waals surface area contributed by atoms with Crippen molar-refractivity contribution < 1.29 is 4.79 Å². The zero-order valence-corrected chi connectivity index (χ0v) is 13.7. The van der Waals surface area contributed by atoms with Gasteiger partial charge in [0.05, 0.1) is 6.20 Å². The van der Waals surface area contributed by atoms with Gasteiger partial charge in [-0.05, 0) is 30.2 Å². The molecule has 25 heavy (non-hydrogen) atoms. The first-order chi connectivity index (χ1) is 12.2. The lowest BCUT2D eigenvalue weighted by Crippen LogP contribution is -1.97. The van der Waals surface area contributed by atoms with Gasteiger partial charge < -0.3 is 4.57 Å². The van der Waals surface area contributed by atoms with E-state index in [0.29, 0.717) is 6.42 Å². The maximum Gasteiger partial charge on any atom is 0.163 e. The van der Waals surface area contributed by atoms with Gasteiger partial charge in [0.15, 0.2) is 5.78 Å². The summed E-state index contributed by atoms with van der Waals surface area (Å²) in [6, 6.07) is 6.00. The van der Waals surface area contributed by atoms with Crippen molar-refractivity contribution in [2.45, 2.75) is 12.8 Å². The fraction of sp³-hybridized carbons (Fsp3) is 0.158. The highest BCUT2D eigenvalue weighted by Gasteiger charge is 2.21. The van der Waals surface area contributed by atoms with Crippen molar-refractivity contribution in [3.63, 3.8) is 0 Å². The van der Waals surface area contributed by atoms with Crippen LogP contribution < -0.4 is 0 Å². The molecule has 0 fully saturated rings. The van der Waals surface area contributed by atoms with Gasteiger partial charge in [-0.15, -0.1) is 0 Å². The van der Waals surface area contributed by atoms with E-state index in [2.05, 4.69) is 31.9 Å². The third-order valence-electron chi connectivity index (χ3n) is 4.77. The van der Waals surface area contributed by atoms with Crippen LogP contribution in [-0.4, -0.2) is 30.1 Å². The predicted molar refractivity (Wildman–Crippen MR) is 93.7 cm³/mol. The molecule has 5 rings (SSSR count). The number of hydrogen-bond donors (Lipinski definition) is 0. The zero-order valence-electron chi connectivity index (χ0n) is 13.7. The van der Waals surface area contributed by atoms with Gasteiger partial charge in [-0.25, -0.2) is 9.97 Å². The van der Waals surface area contributed by atoms with Crippen molar-refractivity contribution in [1.82, 2.24) is 24.3 Å². The number of aryl methyl sites for hydroxylation is 2. The minimum atomic E-state index is 0.234. The third-order valence-corrected chi connectivity index (χ3v) is 4.77. The Morgan fingerprint density at radius 2 is 2.00 bits per heavy atom. The average molecular weight is 329 g/mol. The Kier molecular flexibility index (Phi) is 2.88. The molecule has 122 valence electrons. The Hall–Kier alpha value is -3.28. The summed E-state index contributed by atoms with van der Waals surface area (Å²) in [7, 11) is 1.90. The van der Waals surface area contributed by atoms with E-state index >= 15 is 0 Å². The molecule has 0 N–H and O–H groups in total. The highest BCUT2D eigenvalue weighted by Crippen LogP contribution is 2.32. The number of carbonyl (C=O) groups excluding carboxylic acids is 1. The summed E-state index contributed by atoms with van der Waals surface area (Å²) >= 11 is 0. The van der Waals surface area contributed by atoms with E-state index in [0.717, 1.165) is 45.4 Å². The molecule has 0 bridgehead atoms. The second kappa shape index (κ2) is 5.11. The minimum absolute atomic E-state index is 0.234. The summed E-state index contributed by atoms with van der Waals surface area (Å²) in [4.78, 5) is 20.5. The Morgan fingerprint density at radius 1 is 1.08 bits per heavy atom. The standard InChI is InChI=1S/C19H15N5O/c1-23-9-13(7-22-23)17-10-24(19-16(17)8-20-11-21-19)14-3-4-15-12(6-14)2-5-18(15)25/h3-4,6-11H,2,5H2,1H3. The zero-order chi connectivity index (χ0) is 17.0. The number of nitrogens with zero attached hydrogens (tertiary/aromatic N) is 5. The monoisotopic (exact) mass is 329 g/mol. The second-order valence-corrected chi connectivity index (χ2v) is 6.34. The molecule has 0 radical (unpaired) electrons. The number of ketones is 1.